The normalized spacial score (nSPS) is 13.0. The largest absolute Gasteiger partial charge is 0.456 e. The van der Waals surface area contributed by atoms with E-state index in [1.807, 2.05) is 12.1 Å². The predicted octanol–water partition coefficient (Wildman–Crippen LogP) is 15.1. The molecule has 2 heterocycles. The Kier molecular flexibility index (Phi) is 7.52. The molecule has 0 fully saturated rings. The van der Waals surface area contributed by atoms with Crippen LogP contribution in [0.5, 0.6) is 0 Å². The molecular weight excluding hydrogens is 753 g/mol. The van der Waals surface area contributed by atoms with Gasteiger partial charge in [-0.05, 0) is 103 Å². The number of hydrogen-bond acceptors (Lipinski definition) is 3. The third-order valence-electron chi connectivity index (χ3n) is 13.2. The van der Waals surface area contributed by atoms with Crippen molar-refractivity contribution in [1.82, 2.24) is 9.97 Å². The van der Waals surface area contributed by atoms with E-state index < -0.39 is 5.41 Å². The first-order valence-corrected chi connectivity index (χ1v) is 21.2. The molecule has 62 heavy (non-hydrogen) atoms. The zero-order valence-corrected chi connectivity index (χ0v) is 33.6. The van der Waals surface area contributed by atoms with Crippen molar-refractivity contribution in [3.8, 4) is 78.4 Å². The van der Waals surface area contributed by atoms with Crippen molar-refractivity contribution in [1.29, 1.82) is 0 Å². The quantitative estimate of drug-likeness (QED) is 0.178. The van der Waals surface area contributed by atoms with Crippen LogP contribution in [-0.4, -0.2) is 9.97 Å². The van der Waals surface area contributed by atoms with Gasteiger partial charge in [0.15, 0.2) is 5.82 Å². The van der Waals surface area contributed by atoms with E-state index in [1.54, 1.807) is 0 Å². The van der Waals surface area contributed by atoms with E-state index in [9.17, 15) is 0 Å². The van der Waals surface area contributed by atoms with Crippen molar-refractivity contribution < 1.29 is 4.42 Å². The molecule has 11 aromatic rings. The number of nitrogens with zero attached hydrogens (tertiary/aromatic N) is 2. The van der Waals surface area contributed by atoms with Gasteiger partial charge in [-0.1, -0.05) is 182 Å². The Hall–Kier alpha value is -8.14. The highest BCUT2D eigenvalue weighted by atomic mass is 16.3. The molecule has 0 radical (unpaired) electrons. The fourth-order valence-electron chi connectivity index (χ4n) is 10.5. The number of para-hydroxylation sites is 1. The maximum absolute atomic E-state index is 6.26. The molecule has 0 N–H and O–H groups in total. The molecule has 0 amide bonds. The third kappa shape index (κ3) is 5.00. The number of aromatic nitrogens is 2. The lowest BCUT2D eigenvalue weighted by Gasteiger charge is -2.35. The Balaban J connectivity index is 1.09. The Morgan fingerprint density at radius 1 is 0.290 bits per heavy atom. The van der Waals surface area contributed by atoms with Gasteiger partial charge in [-0.25, -0.2) is 9.97 Å². The molecule has 2 aliphatic carbocycles. The summed E-state index contributed by atoms with van der Waals surface area (Å²) < 4.78 is 6.26. The molecule has 9 aromatic carbocycles. The highest BCUT2D eigenvalue weighted by Crippen LogP contribution is 2.61. The summed E-state index contributed by atoms with van der Waals surface area (Å²) in [4.78, 5) is 10.9. The fourth-order valence-corrected chi connectivity index (χ4v) is 10.5. The first-order valence-electron chi connectivity index (χ1n) is 21.2. The molecule has 2 aromatic heterocycles. The highest BCUT2D eigenvalue weighted by Gasteiger charge is 2.49. The monoisotopic (exact) mass is 788 g/mol. The molecule has 3 heteroatoms. The molecule has 0 aliphatic heterocycles. The van der Waals surface area contributed by atoms with Crippen molar-refractivity contribution in [3.05, 3.63) is 241 Å². The molecule has 0 bridgehead atoms. The van der Waals surface area contributed by atoms with E-state index in [0.717, 1.165) is 61.1 Å². The van der Waals surface area contributed by atoms with E-state index in [0.29, 0.717) is 5.82 Å². The predicted molar refractivity (Wildman–Crippen MR) is 253 cm³/mol. The van der Waals surface area contributed by atoms with Crippen molar-refractivity contribution in [3.63, 3.8) is 0 Å². The van der Waals surface area contributed by atoms with Crippen LogP contribution in [0.3, 0.4) is 0 Å². The van der Waals surface area contributed by atoms with Crippen LogP contribution in [0, 0.1) is 0 Å². The van der Waals surface area contributed by atoms with Gasteiger partial charge in [0.05, 0.1) is 16.8 Å². The average Bonchev–Trinajstić information content (AvgIpc) is 3.84. The lowest BCUT2D eigenvalue weighted by atomic mass is 9.66. The molecule has 0 saturated carbocycles. The summed E-state index contributed by atoms with van der Waals surface area (Å²) in [6.07, 6.45) is 0. The topological polar surface area (TPSA) is 38.9 Å². The van der Waals surface area contributed by atoms with Gasteiger partial charge in [0.1, 0.15) is 11.2 Å². The van der Waals surface area contributed by atoms with Gasteiger partial charge in [0.2, 0.25) is 0 Å². The van der Waals surface area contributed by atoms with Gasteiger partial charge in [0.25, 0.3) is 0 Å². The van der Waals surface area contributed by atoms with Gasteiger partial charge < -0.3 is 4.42 Å². The van der Waals surface area contributed by atoms with Crippen LogP contribution in [0.25, 0.3) is 100 Å². The number of furan rings is 1. The zero-order valence-electron chi connectivity index (χ0n) is 33.6. The van der Waals surface area contributed by atoms with E-state index in [-0.39, 0.29) is 0 Å². The van der Waals surface area contributed by atoms with Crippen molar-refractivity contribution in [2.75, 3.05) is 0 Å². The summed E-state index contributed by atoms with van der Waals surface area (Å²) in [7, 11) is 0. The number of hydrogen-bond donors (Lipinski definition) is 0. The van der Waals surface area contributed by atoms with Crippen LogP contribution < -0.4 is 0 Å². The second-order valence-electron chi connectivity index (χ2n) is 16.4. The lowest BCUT2D eigenvalue weighted by molar-refractivity contribution is 0.669. The SMILES string of the molecule is c1ccc(-c2ccccc2-c2cc(-c3ccc4oc5ccccc5c4c3)nc(-c3ccc4c(c3)-c3ccccc3-c3ccccc3C43c4ccccc4-c4ccccc43)n2)cc1. The Morgan fingerprint density at radius 3 is 1.50 bits per heavy atom. The lowest BCUT2D eigenvalue weighted by Crippen LogP contribution is -2.29. The third-order valence-corrected chi connectivity index (χ3v) is 13.2. The Labute approximate surface area is 359 Å². The summed E-state index contributed by atoms with van der Waals surface area (Å²) in [5, 5.41) is 2.15. The van der Waals surface area contributed by atoms with Crippen molar-refractivity contribution >= 4 is 21.9 Å². The molecule has 13 rings (SSSR count). The zero-order chi connectivity index (χ0) is 40.8. The van der Waals surface area contributed by atoms with Gasteiger partial charge in [-0.3, -0.25) is 0 Å². The highest BCUT2D eigenvalue weighted by molar-refractivity contribution is 6.06. The van der Waals surface area contributed by atoms with Crippen LogP contribution in [-0.2, 0) is 5.41 Å². The van der Waals surface area contributed by atoms with E-state index in [4.69, 9.17) is 14.4 Å². The molecular formula is C59H36N2O. The van der Waals surface area contributed by atoms with E-state index in [1.165, 1.54) is 55.6 Å². The average molecular weight is 789 g/mol. The van der Waals surface area contributed by atoms with Crippen LogP contribution >= 0.6 is 0 Å². The van der Waals surface area contributed by atoms with E-state index >= 15 is 0 Å². The maximum atomic E-state index is 6.26. The second-order valence-corrected chi connectivity index (χ2v) is 16.4. The summed E-state index contributed by atoms with van der Waals surface area (Å²) in [5.74, 6) is 0.667. The van der Waals surface area contributed by atoms with Gasteiger partial charge in [-0.15, -0.1) is 0 Å². The van der Waals surface area contributed by atoms with Gasteiger partial charge in [-0.2, -0.15) is 0 Å². The summed E-state index contributed by atoms with van der Waals surface area (Å²) in [6, 6.07) is 78.7. The Morgan fingerprint density at radius 2 is 0.790 bits per heavy atom. The van der Waals surface area contributed by atoms with Crippen LogP contribution in [0.1, 0.15) is 22.3 Å². The van der Waals surface area contributed by atoms with Crippen molar-refractivity contribution in [2.45, 2.75) is 5.41 Å². The minimum atomic E-state index is -0.554. The van der Waals surface area contributed by atoms with Gasteiger partial charge in [0, 0.05) is 27.5 Å². The van der Waals surface area contributed by atoms with E-state index in [2.05, 4.69) is 206 Å². The minimum Gasteiger partial charge on any atom is -0.456 e. The molecule has 288 valence electrons. The Bertz CT molecular complexity index is 3550. The van der Waals surface area contributed by atoms with Crippen molar-refractivity contribution in [2.24, 2.45) is 0 Å². The molecule has 3 nitrogen and oxygen atoms in total. The van der Waals surface area contributed by atoms with Gasteiger partial charge >= 0.3 is 0 Å². The summed E-state index contributed by atoms with van der Waals surface area (Å²) in [6.45, 7) is 0. The first-order chi connectivity index (χ1) is 30.7. The standard InChI is InChI=1S/C59H36N2O/c1-2-16-37(17-3-1)40-18-4-7-24-46(40)55-36-54(38-31-33-57-49(34-38)47-25-11-15-29-56(47)62-57)60-58(61-55)39-30-32-53-48(35-39)42-20-6-5-19-41(42)43-21-8-12-26-50(43)59(53)51-27-13-9-22-44(51)45-23-10-14-28-52(45)59/h1-36H. The first kappa shape index (κ1) is 34.7. The molecule has 0 saturated heterocycles. The summed E-state index contributed by atoms with van der Waals surface area (Å²) >= 11 is 0. The maximum Gasteiger partial charge on any atom is 0.160 e. The fraction of sp³-hybridized carbons (Fsp3) is 0.0169. The number of rotatable bonds is 4. The number of benzene rings is 9. The smallest absolute Gasteiger partial charge is 0.160 e. The summed E-state index contributed by atoms with van der Waals surface area (Å²) in [5.41, 5.74) is 20.7. The van der Waals surface area contributed by atoms with Crippen LogP contribution in [0.15, 0.2) is 223 Å². The van der Waals surface area contributed by atoms with Crippen LogP contribution in [0.2, 0.25) is 0 Å². The number of fused-ring (bicyclic) bond motifs is 15. The second kappa shape index (κ2) is 13.4. The molecule has 2 aliphatic rings. The minimum absolute atomic E-state index is 0.554. The van der Waals surface area contributed by atoms with Crippen LogP contribution in [0.4, 0.5) is 0 Å². The molecule has 0 atom stereocenters. The molecule has 1 spiro atoms. The molecule has 0 unspecified atom stereocenters.